The van der Waals surface area contributed by atoms with Gasteiger partial charge >= 0.3 is 5.69 Å². The summed E-state index contributed by atoms with van der Waals surface area (Å²) in [5.74, 6) is -0.0404. The van der Waals surface area contributed by atoms with Crippen LogP contribution in [0.1, 0.15) is 32.1 Å². The lowest BCUT2D eigenvalue weighted by Crippen LogP contribution is -2.37. The third-order valence-electron chi connectivity index (χ3n) is 4.94. The van der Waals surface area contributed by atoms with Crippen molar-refractivity contribution >= 4 is 22.7 Å². The van der Waals surface area contributed by atoms with Crippen LogP contribution in [0.5, 0.6) is 0 Å². The molecule has 8 heteroatoms. The maximum Gasteiger partial charge on any atom is 0.328 e. The van der Waals surface area contributed by atoms with Crippen molar-refractivity contribution in [3.63, 3.8) is 0 Å². The number of fused-ring (bicyclic) bond motifs is 1. The van der Waals surface area contributed by atoms with E-state index in [0.717, 1.165) is 25.7 Å². The van der Waals surface area contributed by atoms with Crippen LogP contribution >= 0.6 is 0 Å². The minimum atomic E-state index is -0.532. The van der Waals surface area contributed by atoms with Crippen LogP contribution in [-0.2, 0) is 16.1 Å². The first kappa shape index (κ1) is 18.9. The molecule has 1 aliphatic carbocycles. The molecule has 0 unspecified atom stereocenters. The number of carbonyl (C=O) groups excluding carboxylic acids is 2. The zero-order valence-electron chi connectivity index (χ0n) is 15.1. The van der Waals surface area contributed by atoms with Crippen LogP contribution in [-0.4, -0.2) is 34.5 Å². The number of para-hydroxylation sites is 1. The van der Waals surface area contributed by atoms with Crippen LogP contribution in [0.3, 0.4) is 0 Å². The number of aromatic amines is 1. The Hall–Kier alpha value is -2.90. The van der Waals surface area contributed by atoms with Crippen molar-refractivity contribution in [3.8, 4) is 0 Å². The lowest BCUT2D eigenvalue weighted by Gasteiger charge is -2.12. The molecule has 2 amide bonds. The summed E-state index contributed by atoms with van der Waals surface area (Å²) in [4.78, 5) is 50.1. The first-order valence-electron chi connectivity index (χ1n) is 9.32. The molecule has 8 nitrogen and oxygen atoms in total. The second kappa shape index (κ2) is 8.66. The van der Waals surface area contributed by atoms with E-state index in [1.807, 2.05) is 0 Å². The Kier molecular flexibility index (Phi) is 6.05. The van der Waals surface area contributed by atoms with Gasteiger partial charge in [0.1, 0.15) is 0 Å². The van der Waals surface area contributed by atoms with E-state index in [0.29, 0.717) is 24.0 Å². The topological polar surface area (TPSA) is 113 Å². The predicted molar refractivity (Wildman–Crippen MR) is 101 cm³/mol. The minimum Gasteiger partial charge on any atom is -0.354 e. The Morgan fingerprint density at radius 1 is 1.07 bits per heavy atom. The summed E-state index contributed by atoms with van der Waals surface area (Å²) in [6, 6.07) is 6.78. The van der Waals surface area contributed by atoms with Crippen molar-refractivity contribution < 1.29 is 9.59 Å². The highest BCUT2D eigenvalue weighted by Gasteiger charge is 2.21. The molecule has 0 atom stereocenters. The fourth-order valence-corrected chi connectivity index (χ4v) is 3.49. The molecule has 27 heavy (non-hydrogen) atoms. The highest BCUT2D eigenvalue weighted by molar-refractivity contribution is 5.80. The largest absolute Gasteiger partial charge is 0.354 e. The van der Waals surface area contributed by atoms with Gasteiger partial charge in [-0.1, -0.05) is 25.0 Å². The number of amides is 2. The number of aromatic nitrogens is 2. The van der Waals surface area contributed by atoms with Gasteiger partial charge in [0.15, 0.2) is 0 Å². The van der Waals surface area contributed by atoms with Gasteiger partial charge in [-0.2, -0.15) is 0 Å². The summed E-state index contributed by atoms with van der Waals surface area (Å²) in [6.45, 7) is 0.900. The van der Waals surface area contributed by atoms with Crippen LogP contribution in [0, 0.1) is 5.92 Å². The van der Waals surface area contributed by atoms with Crippen LogP contribution in [0.15, 0.2) is 33.9 Å². The number of hydrogen-bond donors (Lipinski definition) is 3. The van der Waals surface area contributed by atoms with Gasteiger partial charge < -0.3 is 10.6 Å². The number of aryl methyl sites for hydroxylation is 1. The first-order valence-corrected chi connectivity index (χ1v) is 9.32. The van der Waals surface area contributed by atoms with E-state index in [9.17, 15) is 19.2 Å². The molecule has 1 aromatic heterocycles. The molecule has 0 bridgehead atoms. The first-order chi connectivity index (χ1) is 13.1. The van der Waals surface area contributed by atoms with E-state index in [2.05, 4.69) is 15.6 Å². The average molecular weight is 372 g/mol. The maximum absolute atomic E-state index is 12.1. The highest BCUT2D eigenvalue weighted by Crippen LogP contribution is 2.24. The molecule has 1 fully saturated rings. The molecule has 3 N–H and O–H groups in total. The van der Waals surface area contributed by atoms with Crippen molar-refractivity contribution in [2.45, 2.75) is 38.6 Å². The van der Waals surface area contributed by atoms with Gasteiger partial charge in [-0.3, -0.25) is 23.9 Å². The van der Waals surface area contributed by atoms with Crippen molar-refractivity contribution in [1.29, 1.82) is 0 Å². The van der Waals surface area contributed by atoms with Crippen LogP contribution < -0.4 is 21.9 Å². The number of H-pyrrole nitrogens is 1. The monoisotopic (exact) mass is 372 g/mol. The summed E-state index contributed by atoms with van der Waals surface area (Å²) < 4.78 is 1.39. The maximum atomic E-state index is 12.1. The third-order valence-corrected chi connectivity index (χ3v) is 4.94. The summed E-state index contributed by atoms with van der Waals surface area (Å²) in [7, 11) is 0. The van der Waals surface area contributed by atoms with Gasteiger partial charge in [0, 0.05) is 32.0 Å². The number of benzene rings is 1. The second-order valence-electron chi connectivity index (χ2n) is 6.80. The number of rotatable bonds is 7. The van der Waals surface area contributed by atoms with E-state index < -0.39 is 11.2 Å². The van der Waals surface area contributed by atoms with Gasteiger partial charge in [-0.25, -0.2) is 4.79 Å². The Morgan fingerprint density at radius 2 is 1.78 bits per heavy atom. The SMILES string of the molecule is O=C(CCn1c(=O)[nH]c(=O)c2ccccc21)NCCNC(=O)C1CCCC1. The lowest BCUT2D eigenvalue weighted by molar-refractivity contribution is -0.125. The van der Waals surface area contributed by atoms with E-state index >= 15 is 0 Å². The molecular formula is C19H24N4O4. The molecule has 1 heterocycles. The summed E-state index contributed by atoms with van der Waals surface area (Å²) in [6.07, 6.45) is 4.20. The fourth-order valence-electron chi connectivity index (χ4n) is 3.49. The number of hydrogen-bond acceptors (Lipinski definition) is 4. The average Bonchev–Trinajstić information content (AvgIpc) is 3.20. The van der Waals surface area contributed by atoms with Crippen LogP contribution in [0.4, 0.5) is 0 Å². The fraction of sp³-hybridized carbons (Fsp3) is 0.474. The van der Waals surface area contributed by atoms with Crippen molar-refractivity contribution in [1.82, 2.24) is 20.2 Å². The quantitative estimate of drug-likeness (QED) is 0.614. The van der Waals surface area contributed by atoms with E-state index in [1.54, 1.807) is 24.3 Å². The Morgan fingerprint density at radius 3 is 2.56 bits per heavy atom. The highest BCUT2D eigenvalue weighted by atomic mass is 16.2. The van der Waals surface area contributed by atoms with E-state index in [1.165, 1.54) is 4.57 Å². The Balaban J connectivity index is 1.48. The molecule has 0 radical (unpaired) electrons. The van der Waals surface area contributed by atoms with Gasteiger partial charge in [0.2, 0.25) is 11.8 Å². The molecule has 0 spiro atoms. The molecule has 0 aliphatic heterocycles. The van der Waals surface area contributed by atoms with Crippen molar-refractivity contribution in [2.75, 3.05) is 13.1 Å². The zero-order chi connectivity index (χ0) is 19.2. The minimum absolute atomic E-state index is 0.0630. The van der Waals surface area contributed by atoms with Gasteiger partial charge in [-0.15, -0.1) is 0 Å². The Bertz CT molecular complexity index is 941. The number of carbonyl (C=O) groups is 2. The van der Waals surface area contributed by atoms with E-state index in [4.69, 9.17) is 0 Å². The molecule has 0 saturated heterocycles. The second-order valence-corrected chi connectivity index (χ2v) is 6.80. The van der Waals surface area contributed by atoms with E-state index in [-0.39, 0.29) is 30.7 Å². The molecule has 144 valence electrons. The van der Waals surface area contributed by atoms with Crippen molar-refractivity contribution in [3.05, 3.63) is 45.1 Å². The summed E-state index contributed by atoms with van der Waals surface area (Å²) >= 11 is 0. The van der Waals surface area contributed by atoms with Crippen LogP contribution in [0.25, 0.3) is 10.9 Å². The Labute approximate surface area is 156 Å². The number of nitrogens with one attached hydrogen (secondary N) is 3. The predicted octanol–water partition coefficient (Wildman–Crippen LogP) is 0.502. The van der Waals surface area contributed by atoms with Gasteiger partial charge in [0.05, 0.1) is 10.9 Å². The zero-order valence-corrected chi connectivity index (χ0v) is 15.1. The standard InChI is InChI=1S/C19H24N4O4/c24-16(20-10-11-21-17(25)13-5-1-2-6-13)9-12-23-15-8-4-3-7-14(15)18(26)22-19(23)27/h3-4,7-8,13H,1-2,5-6,9-12H2,(H,20,24)(H,21,25)(H,22,26,27). The molecule has 2 aromatic rings. The molecule has 1 aliphatic rings. The summed E-state index contributed by atoms with van der Waals surface area (Å²) in [5.41, 5.74) is -0.465. The molecular weight excluding hydrogens is 348 g/mol. The molecule has 1 aromatic carbocycles. The smallest absolute Gasteiger partial charge is 0.328 e. The normalized spacial score (nSPS) is 14.4. The molecule has 1 saturated carbocycles. The summed E-state index contributed by atoms with van der Waals surface area (Å²) in [5, 5.41) is 5.99. The van der Waals surface area contributed by atoms with Gasteiger partial charge in [-0.05, 0) is 25.0 Å². The molecule has 3 rings (SSSR count). The van der Waals surface area contributed by atoms with Crippen LogP contribution in [0.2, 0.25) is 0 Å². The lowest BCUT2D eigenvalue weighted by atomic mass is 10.1. The van der Waals surface area contributed by atoms with Gasteiger partial charge in [0.25, 0.3) is 5.56 Å². The number of nitrogens with zero attached hydrogens (tertiary/aromatic N) is 1. The van der Waals surface area contributed by atoms with Crippen molar-refractivity contribution in [2.24, 2.45) is 5.92 Å². The third kappa shape index (κ3) is 4.64.